The van der Waals surface area contributed by atoms with Crippen molar-refractivity contribution in [3.8, 4) is 11.3 Å². The van der Waals surface area contributed by atoms with Crippen molar-refractivity contribution in [2.75, 3.05) is 0 Å². The molecule has 5 rings (SSSR count). The zero-order valence-electron chi connectivity index (χ0n) is 15.5. The van der Waals surface area contributed by atoms with Crippen LogP contribution in [0.2, 0.25) is 0 Å². The lowest BCUT2D eigenvalue weighted by Gasteiger charge is -2.10. The highest BCUT2D eigenvalue weighted by Gasteiger charge is 2.16. The molecule has 27 heavy (non-hydrogen) atoms. The minimum atomic E-state index is 0.844. The van der Waals surface area contributed by atoms with E-state index >= 15 is 0 Å². The number of rotatable bonds is 3. The van der Waals surface area contributed by atoms with Crippen molar-refractivity contribution in [2.24, 2.45) is 0 Å². The molecule has 0 aliphatic carbocycles. The second-order valence-electron chi connectivity index (χ2n) is 6.75. The predicted molar refractivity (Wildman–Crippen MR) is 110 cm³/mol. The van der Waals surface area contributed by atoms with Gasteiger partial charge in [0.1, 0.15) is 11.2 Å². The summed E-state index contributed by atoms with van der Waals surface area (Å²) in [4.78, 5) is 14.3. The van der Waals surface area contributed by atoms with Gasteiger partial charge in [0.2, 0.25) is 0 Å². The molecule has 0 N–H and O–H groups in total. The van der Waals surface area contributed by atoms with E-state index in [-0.39, 0.29) is 0 Å². The van der Waals surface area contributed by atoms with Gasteiger partial charge in [-0.15, -0.1) is 0 Å². The predicted octanol–water partition coefficient (Wildman–Crippen LogP) is 5.22. The lowest BCUT2D eigenvalue weighted by molar-refractivity contribution is 1.09. The van der Waals surface area contributed by atoms with Gasteiger partial charge in [0.15, 0.2) is 5.65 Å². The lowest BCUT2D eigenvalue weighted by atomic mass is 9.95. The Morgan fingerprint density at radius 1 is 0.778 bits per heavy atom. The Kier molecular flexibility index (Phi) is 3.64. The molecule has 132 valence electrons. The Morgan fingerprint density at radius 3 is 2.22 bits per heavy atom. The van der Waals surface area contributed by atoms with Crippen molar-refractivity contribution in [1.82, 2.24) is 19.4 Å². The number of nitrogens with zero attached hydrogens (tertiary/aromatic N) is 4. The van der Waals surface area contributed by atoms with E-state index in [4.69, 9.17) is 4.98 Å². The molecule has 0 radical (unpaired) electrons. The Bertz CT molecular complexity index is 1210. The van der Waals surface area contributed by atoms with Crippen LogP contribution in [0, 0.1) is 0 Å². The molecule has 4 heteroatoms. The first-order chi connectivity index (χ1) is 13.3. The van der Waals surface area contributed by atoms with Crippen molar-refractivity contribution >= 4 is 27.6 Å². The van der Waals surface area contributed by atoms with Gasteiger partial charge in [-0.25, -0.2) is 9.97 Å². The van der Waals surface area contributed by atoms with Gasteiger partial charge in [-0.1, -0.05) is 56.3 Å². The van der Waals surface area contributed by atoms with Gasteiger partial charge in [-0.05, 0) is 24.0 Å². The van der Waals surface area contributed by atoms with Crippen molar-refractivity contribution < 1.29 is 0 Å². The first kappa shape index (κ1) is 15.9. The number of fused-ring (bicyclic) bond motifs is 6. The highest BCUT2D eigenvalue weighted by Crippen LogP contribution is 2.32. The summed E-state index contributed by atoms with van der Waals surface area (Å²) in [6.45, 7) is 4.40. The maximum atomic E-state index is 5.07. The average molecular weight is 352 g/mol. The van der Waals surface area contributed by atoms with Crippen LogP contribution in [0.5, 0.6) is 0 Å². The molecule has 0 spiro atoms. The SMILES string of the molecule is CCc1cccc(CC)c1-c1cn2c(n1)c1ccccc1c1nccnc12. The third-order valence-electron chi connectivity index (χ3n) is 5.29. The zero-order valence-corrected chi connectivity index (χ0v) is 15.5. The summed E-state index contributed by atoms with van der Waals surface area (Å²) in [7, 11) is 0. The van der Waals surface area contributed by atoms with Gasteiger partial charge in [-0.2, -0.15) is 0 Å². The van der Waals surface area contributed by atoms with Crippen molar-refractivity contribution in [2.45, 2.75) is 26.7 Å². The summed E-state index contributed by atoms with van der Waals surface area (Å²) in [6, 6.07) is 14.9. The second kappa shape index (κ2) is 6.16. The van der Waals surface area contributed by atoms with E-state index < -0.39 is 0 Å². The minimum Gasteiger partial charge on any atom is -0.281 e. The molecular formula is C23H20N4. The van der Waals surface area contributed by atoms with Crippen LogP contribution in [0.3, 0.4) is 0 Å². The van der Waals surface area contributed by atoms with Crippen LogP contribution in [0.1, 0.15) is 25.0 Å². The molecule has 0 saturated carbocycles. The second-order valence-corrected chi connectivity index (χ2v) is 6.75. The smallest absolute Gasteiger partial charge is 0.165 e. The number of pyridine rings is 1. The molecule has 0 aliphatic rings. The molecule has 5 aromatic rings. The third kappa shape index (κ3) is 2.33. The Morgan fingerprint density at radius 2 is 1.48 bits per heavy atom. The number of hydrogen-bond donors (Lipinski definition) is 0. The first-order valence-corrected chi connectivity index (χ1v) is 9.43. The fraction of sp³-hybridized carbons (Fsp3) is 0.174. The molecule has 0 amide bonds. The number of hydrogen-bond acceptors (Lipinski definition) is 3. The van der Waals surface area contributed by atoms with Gasteiger partial charge < -0.3 is 0 Å². The van der Waals surface area contributed by atoms with Crippen molar-refractivity contribution in [1.29, 1.82) is 0 Å². The Balaban J connectivity index is 1.94. The van der Waals surface area contributed by atoms with Crippen LogP contribution in [0.25, 0.3) is 38.8 Å². The van der Waals surface area contributed by atoms with E-state index in [9.17, 15) is 0 Å². The monoisotopic (exact) mass is 352 g/mol. The molecule has 0 saturated heterocycles. The lowest BCUT2D eigenvalue weighted by Crippen LogP contribution is -1.94. The molecule has 0 atom stereocenters. The number of benzene rings is 2. The molecular weight excluding hydrogens is 332 g/mol. The first-order valence-electron chi connectivity index (χ1n) is 9.43. The minimum absolute atomic E-state index is 0.844. The average Bonchev–Trinajstić information content (AvgIpc) is 3.18. The number of aromatic nitrogens is 4. The summed E-state index contributed by atoms with van der Waals surface area (Å²) in [5.74, 6) is 0. The summed E-state index contributed by atoms with van der Waals surface area (Å²) in [5.41, 5.74) is 7.61. The van der Waals surface area contributed by atoms with Crippen LogP contribution in [-0.2, 0) is 12.8 Å². The van der Waals surface area contributed by atoms with Crippen LogP contribution >= 0.6 is 0 Å². The van der Waals surface area contributed by atoms with Gasteiger partial charge in [0, 0.05) is 34.9 Å². The molecule has 4 nitrogen and oxygen atoms in total. The number of aryl methyl sites for hydroxylation is 2. The number of imidazole rings is 1. The van der Waals surface area contributed by atoms with E-state index in [0.29, 0.717) is 0 Å². The quantitative estimate of drug-likeness (QED) is 0.418. The zero-order chi connectivity index (χ0) is 18.4. The molecule has 0 bridgehead atoms. The van der Waals surface area contributed by atoms with Crippen molar-refractivity contribution in [3.63, 3.8) is 0 Å². The van der Waals surface area contributed by atoms with Crippen molar-refractivity contribution in [3.05, 3.63) is 72.2 Å². The van der Waals surface area contributed by atoms with E-state index in [1.54, 1.807) is 12.4 Å². The van der Waals surface area contributed by atoms with Crippen LogP contribution < -0.4 is 0 Å². The topological polar surface area (TPSA) is 43.1 Å². The molecule has 3 heterocycles. The van der Waals surface area contributed by atoms with Gasteiger partial charge in [-0.3, -0.25) is 9.38 Å². The van der Waals surface area contributed by atoms with Gasteiger partial charge >= 0.3 is 0 Å². The molecule has 2 aromatic carbocycles. The van der Waals surface area contributed by atoms with Crippen LogP contribution in [-0.4, -0.2) is 19.4 Å². The normalized spacial score (nSPS) is 11.6. The fourth-order valence-electron chi connectivity index (χ4n) is 4.01. The molecule has 0 aliphatic heterocycles. The maximum Gasteiger partial charge on any atom is 0.165 e. The van der Waals surface area contributed by atoms with E-state index in [1.165, 1.54) is 16.7 Å². The summed E-state index contributed by atoms with van der Waals surface area (Å²) < 4.78 is 2.09. The Hall–Kier alpha value is -3.27. The molecule has 0 fully saturated rings. The Labute approximate surface area is 157 Å². The fourth-order valence-corrected chi connectivity index (χ4v) is 4.01. The highest BCUT2D eigenvalue weighted by atomic mass is 15.1. The van der Waals surface area contributed by atoms with E-state index in [1.807, 2.05) is 6.07 Å². The van der Waals surface area contributed by atoms with Gasteiger partial charge in [0.05, 0.1) is 5.69 Å². The third-order valence-corrected chi connectivity index (χ3v) is 5.29. The maximum absolute atomic E-state index is 5.07. The van der Waals surface area contributed by atoms with E-state index in [0.717, 1.165) is 46.1 Å². The summed E-state index contributed by atoms with van der Waals surface area (Å²) in [5, 5.41) is 2.19. The summed E-state index contributed by atoms with van der Waals surface area (Å²) >= 11 is 0. The molecule has 0 unspecified atom stereocenters. The standard InChI is InChI=1S/C23H20N4/c1-3-15-8-7-9-16(4-2)20(15)19-14-27-22(26-19)18-11-6-5-10-17(18)21-23(27)25-13-12-24-21/h5-14H,3-4H2,1-2H3. The largest absolute Gasteiger partial charge is 0.281 e. The van der Waals surface area contributed by atoms with Crippen LogP contribution in [0.15, 0.2) is 61.1 Å². The highest BCUT2D eigenvalue weighted by molar-refractivity contribution is 6.09. The molecule has 3 aromatic heterocycles. The summed E-state index contributed by atoms with van der Waals surface area (Å²) in [6.07, 6.45) is 7.58. The van der Waals surface area contributed by atoms with Gasteiger partial charge in [0.25, 0.3) is 0 Å². The van der Waals surface area contributed by atoms with E-state index in [2.05, 4.69) is 70.8 Å². The van der Waals surface area contributed by atoms with Crippen LogP contribution in [0.4, 0.5) is 0 Å².